The molecule has 0 saturated heterocycles. The summed E-state index contributed by atoms with van der Waals surface area (Å²) in [6.45, 7) is 4.47. The fraction of sp³-hybridized carbons (Fsp3) is 0.258. The van der Waals surface area contributed by atoms with Crippen LogP contribution in [0.4, 0.5) is 0 Å². The Morgan fingerprint density at radius 2 is 1.97 bits per heavy atom. The molecule has 0 saturated carbocycles. The number of amides is 1. The molecule has 0 aliphatic heterocycles. The molecule has 1 atom stereocenters. The molecule has 4 aromatic rings. The van der Waals surface area contributed by atoms with Crippen LogP contribution >= 0.6 is 0 Å². The number of nitrogens with zero attached hydrogens (tertiary/aromatic N) is 1. The number of nitrogens with one attached hydrogen (secondary N) is 2. The molecule has 37 heavy (non-hydrogen) atoms. The second-order valence-electron chi connectivity index (χ2n) is 9.63. The van der Waals surface area contributed by atoms with Gasteiger partial charge in [-0.15, -0.1) is 0 Å². The van der Waals surface area contributed by atoms with Crippen molar-refractivity contribution in [2.45, 2.75) is 32.2 Å². The van der Waals surface area contributed by atoms with E-state index in [2.05, 4.69) is 71.5 Å². The SMILES string of the molecule is Cc1ccc(OCCN(CCc2c[nH]c3ccccc23)C2CCc3cc(/C=C/C(=O)NO)ccc32)cc1. The van der Waals surface area contributed by atoms with Crippen LogP contribution in [0, 0.1) is 6.92 Å². The van der Waals surface area contributed by atoms with Gasteiger partial charge in [0.2, 0.25) is 0 Å². The van der Waals surface area contributed by atoms with Crippen molar-refractivity contribution in [2.75, 3.05) is 19.7 Å². The molecule has 0 fully saturated rings. The average molecular weight is 496 g/mol. The zero-order valence-electron chi connectivity index (χ0n) is 21.1. The maximum atomic E-state index is 11.4. The highest BCUT2D eigenvalue weighted by atomic mass is 16.5. The Labute approximate surface area is 217 Å². The smallest absolute Gasteiger partial charge is 0.267 e. The first-order valence-electron chi connectivity index (χ1n) is 12.8. The molecule has 6 heteroatoms. The minimum Gasteiger partial charge on any atom is -0.492 e. The van der Waals surface area contributed by atoms with E-state index in [-0.39, 0.29) is 0 Å². The number of carbonyl (C=O) groups excluding carboxylic acids is 1. The molecule has 1 unspecified atom stereocenters. The number of rotatable bonds is 10. The van der Waals surface area contributed by atoms with Gasteiger partial charge in [-0.2, -0.15) is 0 Å². The van der Waals surface area contributed by atoms with Gasteiger partial charge in [0.05, 0.1) is 0 Å². The van der Waals surface area contributed by atoms with Crippen molar-refractivity contribution < 1.29 is 14.7 Å². The lowest BCUT2D eigenvalue weighted by Crippen LogP contribution is -2.33. The summed E-state index contributed by atoms with van der Waals surface area (Å²) < 4.78 is 6.12. The summed E-state index contributed by atoms with van der Waals surface area (Å²) in [5.41, 5.74) is 8.98. The summed E-state index contributed by atoms with van der Waals surface area (Å²) >= 11 is 0. The first kappa shape index (κ1) is 24.8. The Kier molecular flexibility index (Phi) is 7.68. The zero-order chi connectivity index (χ0) is 25.6. The summed E-state index contributed by atoms with van der Waals surface area (Å²) in [5.74, 6) is 0.368. The van der Waals surface area contributed by atoms with Crippen molar-refractivity contribution in [3.8, 4) is 5.75 Å². The van der Waals surface area contributed by atoms with Gasteiger partial charge in [0.25, 0.3) is 5.91 Å². The van der Waals surface area contributed by atoms with Gasteiger partial charge in [0, 0.05) is 42.3 Å². The largest absolute Gasteiger partial charge is 0.492 e. The third-order valence-electron chi connectivity index (χ3n) is 7.20. The van der Waals surface area contributed by atoms with Crippen LogP contribution in [-0.4, -0.2) is 40.7 Å². The molecule has 0 radical (unpaired) electrons. The fourth-order valence-corrected chi connectivity index (χ4v) is 5.25. The van der Waals surface area contributed by atoms with E-state index < -0.39 is 5.91 Å². The van der Waals surface area contributed by atoms with Gasteiger partial charge >= 0.3 is 0 Å². The highest BCUT2D eigenvalue weighted by Gasteiger charge is 2.28. The molecule has 5 rings (SSSR count). The van der Waals surface area contributed by atoms with Gasteiger partial charge < -0.3 is 9.72 Å². The molecule has 6 nitrogen and oxygen atoms in total. The zero-order valence-corrected chi connectivity index (χ0v) is 21.1. The molecule has 0 bridgehead atoms. The minimum atomic E-state index is -0.532. The second kappa shape index (κ2) is 11.5. The van der Waals surface area contributed by atoms with Gasteiger partial charge in [-0.1, -0.05) is 54.1 Å². The van der Waals surface area contributed by atoms with E-state index in [1.807, 2.05) is 18.2 Å². The number of benzene rings is 3. The monoisotopic (exact) mass is 495 g/mol. The molecule has 1 aromatic heterocycles. The standard InChI is InChI=1S/C31H33N3O3/c1-22-6-11-26(12-7-22)37-19-18-34(17-16-25-21-32-29-5-3-2-4-27(25)29)30-14-10-24-20-23(8-13-28(24)30)9-15-31(35)33-36/h2-9,11-13,15,20-21,30,32,36H,10,14,16-19H2,1H3,(H,33,35)/b15-9+. The van der Waals surface area contributed by atoms with Crippen LogP contribution in [-0.2, 0) is 17.6 Å². The molecular formula is C31H33N3O3. The number of hydrogen-bond acceptors (Lipinski definition) is 4. The average Bonchev–Trinajstić information content (AvgIpc) is 3.54. The summed E-state index contributed by atoms with van der Waals surface area (Å²) in [5, 5.41) is 10.0. The Morgan fingerprint density at radius 1 is 1.14 bits per heavy atom. The number of carbonyl (C=O) groups is 1. The van der Waals surface area contributed by atoms with Gasteiger partial charge in [0.1, 0.15) is 12.4 Å². The molecule has 0 spiro atoms. The van der Waals surface area contributed by atoms with Crippen LogP contribution in [0.5, 0.6) is 5.75 Å². The lowest BCUT2D eigenvalue weighted by Gasteiger charge is -2.29. The topological polar surface area (TPSA) is 77.6 Å². The third-order valence-corrected chi connectivity index (χ3v) is 7.20. The third kappa shape index (κ3) is 5.93. The van der Waals surface area contributed by atoms with E-state index in [0.29, 0.717) is 12.6 Å². The number of H-pyrrole nitrogens is 1. The predicted octanol–water partition coefficient (Wildman–Crippen LogP) is 5.61. The summed E-state index contributed by atoms with van der Waals surface area (Å²) in [6, 6.07) is 23.4. The van der Waals surface area contributed by atoms with Crippen molar-refractivity contribution in [3.05, 3.63) is 107 Å². The number of aryl methyl sites for hydroxylation is 2. The number of hydroxylamine groups is 1. The van der Waals surface area contributed by atoms with Gasteiger partial charge in [-0.25, -0.2) is 5.48 Å². The van der Waals surface area contributed by atoms with Gasteiger partial charge in [-0.05, 0) is 72.7 Å². The van der Waals surface area contributed by atoms with Crippen molar-refractivity contribution in [1.29, 1.82) is 0 Å². The van der Waals surface area contributed by atoms with Gasteiger partial charge in [-0.3, -0.25) is 14.9 Å². The van der Waals surface area contributed by atoms with Gasteiger partial charge in [0.15, 0.2) is 0 Å². The molecule has 1 amide bonds. The molecule has 3 aromatic carbocycles. The second-order valence-corrected chi connectivity index (χ2v) is 9.63. The van der Waals surface area contributed by atoms with Crippen molar-refractivity contribution in [2.24, 2.45) is 0 Å². The molecular weight excluding hydrogens is 462 g/mol. The van der Waals surface area contributed by atoms with Crippen molar-refractivity contribution >= 4 is 22.9 Å². The number of para-hydroxylation sites is 1. The highest BCUT2D eigenvalue weighted by molar-refractivity contribution is 5.90. The van der Waals surface area contributed by atoms with Crippen LogP contribution in [0.15, 0.2) is 79.0 Å². The number of aromatic nitrogens is 1. The van der Waals surface area contributed by atoms with E-state index in [1.165, 1.54) is 39.2 Å². The molecule has 3 N–H and O–H groups in total. The molecule has 190 valence electrons. The first-order valence-corrected chi connectivity index (χ1v) is 12.8. The summed E-state index contributed by atoms with van der Waals surface area (Å²) in [7, 11) is 0. The Morgan fingerprint density at radius 3 is 2.81 bits per heavy atom. The molecule has 1 heterocycles. The quantitative estimate of drug-likeness (QED) is 0.152. The predicted molar refractivity (Wildman–Crippen MR) is 147 cm³/mol. The van der Waals surface area contributed by atoms with E-state index >= 15 is 0 Å². The van der Waals surface area contributed by atoms with Crippen LogP contribution in [0.25, 0.3) is 17.0 Å². The Balaban J connectivity index is 1.32. The number of ether oxygens (including phenoxy) is 1. The van der Waals surface area contributed by atoms with Crippen molar-refractivity contribution in [3.63, 3.8) is 0 Å². The maximum absolute atomic E-state index is 11.4. The van der Waals surface area contributed by atoms with E-state index in [0.717, 1.165) is 43.7 Å². The van der Waals surface area contributed by atoms with Crippen LogP contribution < -0.4 is 10.2 Å². The number of aromatic amines is 1. The Bertz CT molecular complexity index is 1390. The summed E-state index contributed by atoms with van der Waals surface area (Å²) in [4.78, 5) is 17.3. The lowest BCUT2D eigenvalue weighted by molar-refractivity contribution is -0.124. The normalized spacial score (nSPS) is 14.9. The van der Waals surface area contributed by atoms with Crippen molar-refractivity contribution in [1.82, 2.24) is 15.4 Å². The van der Waals surface area contributed by atoms with E-state index in [4.69, 9.17) is 9.94 Å². The highest BCUT2D eigenvalue weighted by Crippen LogP contribution is 2.36. The Hall–Kier alpha value is -3.87. The van der Waals surface area contributed by atoms with Crippen LogP contribution in [0.2, 0.25) is 0 Å². The van der Waals surface area contributed by atoms with Crippen LogP contribution in [0.1, 0.15) is 40.3 Å². The first-order chi connectivity index (χ1) is 18.1. The number of hydrogen-bond donors (Lipinski definition) is 3. The van der Waals surface area contributed by atoms with Crippen LogP contribution in [0.3, 0.4) is 0 Å². The lowest BCUT2D eigenvalue weighted by atomic mass is 10.0. The van der Waals surface area contributed by atoms with E-state index in [9.17, 15) is 4.79 Å². The molecule has 1 aliphatic rings. The number of fused-ring (bicyclic) bond motifs is 2. The maximum Gasteiger partial charge on any atom is 0.267 e. The minimum absolute atomic E-state index is 0.320. The van der Waals surface area contributed by atoms with E-state index in [1.54, 1.807) is 11.6 Å². The fourth-order valence-electron chi connectivity index (χ4n) is 5.25. The molecule has 1 aliphatic carbocycles. The summed E-state index contributed by atoms with van der Waals surface area (Å²) in [6.07, 6.45) is 8.20.